The Kier molecular flexibility index (Phi) is 4.35. The van der Waals surface area contributed by atoms with E-state index in [0.717, 1.165) is 25.9 Å². The number of methoxy groups -OCH3 is 1. The molecule has 0 bridgehead atoms. The zero-order chi connectivity index (χ0) is 10.6. The summed E-state index contributed by atoms with van der Waals surface area (Å²) in [5, 5.41) is 0. The summed E-state index contributed by atoms with van der Waals surface area (Å²) < 4.78 is 5.38. The highest BCUT2D eigenvalue weighted by atomic mass is 16.5. The van der Waals surface area contributed by atoms with Gasteiger partial charge in [0.05, 0.1) is 6.10 Å². The average molecular weight is 200 g/mol. The minimum absolute atomic E-state index is 0.240. The average Bonchev–Trinajstić information content (AvgIpc) is 2.28. The highest BCUT2D eigenvalue weighted by Crippen LogP contribution is 2.33. The molecule has 0 aromatic rings. The summed E-state index contributed by atoms with van der Waals surface area (Å²) in [6.45, 7) is 4.04. The first-order chi connectivity index (χ1) is 6.68. The Labute approximate surface area is 87.6 Å². The van der Waals surface area contributed by atoms with E-state index in [1.807, 2.05) is 7.11 Å². The summed E-state index contributed by atoms with van der Waals surface area (Å²) in [7, 11) is 3.99. The van der Waals surface area contributed by atoms with Crippen molar-refractivity contribution >= 4 is 0 Å². The second-order valence-corrected chi connectivity index (χ2v) is 4.38. The third-order valence-electron chi connectivity index (χ3n) is 3.86. The van der Waals surface area contributed by atoms with Crippen molar-refractivity contribution in [1.82, 2.24) is 4.90 Å². The molecule has 0 spiro atoms. The van der Waals surface area contributed by atoms with E-state index in [2.05, 4.69) is 18.9 Å². The van der Waals surface area contributed by atoms with Gasteiger partial charge in [0.25, 0.3) is 0 Å². The lowest BCUT2D eigenvalue weighted by atomic mass is 9.79. The second-order valence-electron chi connectivity index (χ2n) is 4.38. The molecule has 0 amide bonds. The molecule has 0 unspecified atom stereocenters. The Bertz CT molecular complexity index is 165. The fourth-order valence-electron chi connectivity index (χ4n) is 2.44. The minimum Gasteiger partial charge on any atom is -0.381 e. The fraction of sp³-hybridized carbons (Fsp3) is 1.00. The molecular weight excluding hydrogens is 176 g/mol. The highest BCUT2D eigenvalue weighted by Gasteiger charge is 2.36. The lowest BCUT2D eigenvalue weighted by molar-refractivity contribution is 0.00530. The number of nitrogens with two attached hydrogens (primary N) is 1. The first kappa shape index (κ1) is 12.0. The van der Waals surface area contributed by atoms with E-state index >= 15 is 0 Å². The number of nitrogens with zero attached hydrogens (tertiary/aromatic N) is 1. The number of hydrogen-bond acceptors (Lipinski definition) is 3. The molecule has 1 rings (SSSR count). The Morgan fingerprint density at radius 2 is 2.00 bits per heavy atom. The van der Waals surface area contributed by atoms with Crippen LogP contribution in [0.2, 0.25) is 0 Å². The lowest BCUT2D eigenvalue weighted by Gasteiger charge is -2.45. The van der Waals surface area contributed by atoms with Gasteiger partial charge in [-0.2, -0.15) is 0 Å². The van der Waals surface area contributed by atoms with Gasteiger partial charge in [0.15, 0.2) is 0 Å². The van der Waals surface area contributed by atoms with Gasteiger partial charge in [-0.1, -0.05) is 6.92 Å². The first-order valence-corrected chi connectivity index (χ1v) is 5.62. The highest BCUT2D eigenvalue weighted by molar-refractivity contribution is 4.94. The van der Waals surface area contributed by atoms with Gasteiger partial charge in [-0.05, 0) is 39.3 Å². The second kappa shape index (κ2) is 5.10. The van der Waals surface area contributed by atoms with Gasteiger partial charge < -0.3 is 10.5 Å². The summed E-state index contributed by atoms with van der Waals surface area (Å²) >= 11 is 0. The SMILES string of the molecule is CCN(C)C1(CN)CCC(OC)CC1. The van der Waals surface area contributed by atoms with Gasteiger partial charge in [-0.15, -0.1) is 0 Å². The van der Waals surface area contributed by atoms with Gasteiger partial charge in [-0.3, -0.25) is 4.90 Å². The molecule has 3 heteroatoms. The van der Waals surface area contributed by atoms with Crippen LogP contribution in [0.5, 0.6) is 0 Å². The Balaban J connectivity index is 2.56. The van der Waals surface area contributed by atoms with Crippen LogP contribution in [0.15, 0.2) is 0 Å². The molecule has 0 aliphatic heterocycles. The smallest absolute Gasteiger partial charge is 0.0572 e. The fourth-order valence-corrected chi connectivity index (χ4v) is 2.44. The van der Waals surface area contributed by atoms with E-state index in [9.17, 15) is 0 Å². The summed E-state index contributed by atoms with van der Waals surface area (Å²) in [6, 6.07) is 0. The predicted molar refractivity (Wildman–Crippen MR) is 59.4 cm³/mol. The van der Waals surface area contributed by atoms with Crippen LogP contribution in [-0.2, 0) is 4.74 Å². The minimum atomic E-state index is 0.240. The van der Waals surface area contributed by atoms with Crippen LogP contribution in [0.25, 0.3) is 0 Å². The van der Waals surface area contributed by atoms with Crippen LogP contribution >= 0.6 is 0 Å². The maximum atomic E-state index is 5.92. The number of ether oxygens (including phenoxy) is 1. The maximum absolute atomic E-state index is 5.92. The quantitative estimate of drug-likeness (QED) is 0.741. The molecule has 0 saturated heterocycles. The summed E-state index contributed by atoms with van der Waals surface area (Å²) in [4.78, 5) is 2.40. The molecule has 84 valence electrons. The molecule has 14 heavy (non-hydrogen) atoms. The van der Waals surface area contributed by atoms with Gasteiger partial charge in [0, 0.05) is 19.2 Å². The van der Waals surface area contributed by atoms with Crippen LogP contribution < -0.4 is 5.73 Å². The Morgan fingerprint density at radius 3 is 2.36 bits per heavy atom. The molecule has 0 heterocycles. The van der Waals surface area contributed by atoms with Crippen molar-refractivity contribution in [1.29, 1.82) is 0 Å². The molecule has 2 N–H and O–H groups in total. The van der Waals surface area contributed by atoms with Crippen molar-refractivity contribution < 1.29 is 4.74 Å². The monoisotopic (exact) mass is 200 g/mol. The van der Waals surface area contributed by atoms with E-state index in [0.29, 0.717) is 6.10 Å². The Hall–Kier alpha value is -0.120. The van der Waals surface area contributed by atoms with Crippen LogP contribution in [0.1, 0.15) is 32.6 Å². The van der Waals surface area contributed by atoms with Gasteiger partial charge in [0.1, 0.15) is 0 Å². The maximum Gasteiger partial charge on any atom is 0.0572 e. The third-order valence-corrected chi connectivity index (χ3v) is 3.86. The van der Waals surface area contributed by atoms with E-state index in [1.54, 1.807) is 0 Å². The van der Waals surface area contributed by atoms with E-state index in [4.69, 9.17) is 10.5 Å². The zero-order valence-corrected chi connectivity index (χ0v) is 9.75. The van der Waals surface area contributed by atoms with Gasteiger partial charge in [0.2, 0.25) is 0 Å². The molecule has 1 aliphatic carbocycles. The Morgan fingerprint density at radius 1 is 1.43 bits per heavy atom. The lowest BCUT2D eigenvalue weighted by Crippen LogP contribution is -2.54. The van der Waals surface area contributed by atoms with Gasteiger partial charge >= 0.3 is 0 Å². The number of rotatable bonds is 4. The molecule has 1 aliphatic rings. The summed E-state index contributed by atoms with van der Waals surface area (Å²) in [6.07, 6.45) is 5.11. The van der Waals surface area contributed by atoms with Crippen molar-refractivity contribution in [3.05, 3.63) is 0 Å². The number of hydrogen-bond donors (Lipinski definition) is 1. The molecule has 0 atom stereocenters. The van der Waals surface area contributed by atoms with Crippen LogP contribution in [-0.4, -0.2) is 43.8 Å². The largest absolute Gasteiger partial charge is 0.381 e. The molecule has 1 saturated carbocycles. The molecule has 3 nitrogen and oxygen atoms in total. The van der Waals surface area contributed by atoms with Crippen molar-refractivity contribution in [2.45, 2.75) is 44.2 Å². The van der Waals surface area contributed by atoms with Crippen LogP contribution in [0, 0.1) is 0 Å². The first-order valence-electron chi connectivity index (χ1n) is 5.62. The van der Waals surface area contributed by atoms with Crippen molar-refractivity contribution in [2.75, 3.05) is 27.2 Å². The zero-order valence-electron chi connectivity index (χ0n) is 9.75. The van der Waals surface area contributed by atoms with E-state index in [1.165, 1.54) is 12.8 Å². The molecular formula is C11H24N2O. The van der Waals surface area contributed by atoms with Crippen LogP contribution in [0.4, 0.5) is 0 Å². The third kappa shape index (κ3) is 2.27. The predicted octanol–water partition coefficient (Wildman–Crippen LogP) is 1.22. The van der Waals surface area contributed by atoms with E-state index in [-0.39, 0.29) is 5.54 Å². The number of likely N-dealkylation sites (N-methyl/N-ethyl adjacent to an activating group) is 1. The van der Waals surface area contributed by atoms with Crippen molar-refractivity contribution in [2.24, 2.45) is 5.73 Å². The summed E-state index contributed by atoms with van der Waals surface area (Å²) in [5.41, 5.74) is 6.16. The topological polar surface area (TPSA) is 38.5 Å². The molecule has 0 aromatic carbocycles. The van der Waals surface area contributed by atoms with Gasteiger partial charge in [-0.25, -0.2) is 0 Å². The van der Waals surface area contributed by atoms with Crippen molar-refractivity contribution in [3.63, 3.8) is 0 Å². The molecule has 0 radical (unpaired) electrons. The van der Waals surface area contributed by atoms with E-state index < -0.39 is 0 Å². The standard InChI is InChI=1S/C11H24N2O/c1-4-13(2)11(9-12)7-5-10(14-3)6-8-11/h10H,4-9,12H2,1-3H3. The normalized spacial score (nSPS) is 33.6. The molecule has 1 fully saturated rings. The van der Waals surface area contributed by atoms with Crippen molar-refractivity contribution in [3.8, 4) is 0 Å². The van der Waals surface area contributed by atoms with Crippen LogP contribution in [0.3, 0.4) is 0 Å². The summed E-state index contributed by atoms with van der Waals surface area (Å²) in [5.74, 6) is 0. The molecule has 0 aromatic heterocycles.